The summed E-state index contributed by atoms with van der Waals surface area (Å²) in [5.74, 6) is 1.53. The quantitative estimate of drug-likeness (QED) is 0.843. The van der Waals surface area contributed by atoms with E-state index >= 15 is 0 Å². The molecule has 1 N–H and O–H groups in total. The van der Waals surface area contributed by atoms with Gasteiger partial charge in [-0.05, 0) is 42.5 Å². The van der Waals surface area contributed by atoms with Gasteiger partial charge in [0.25, 0.3) is 0 Å². The van der Waals surface area contributed by atoms with E-state index in [-0.39, 0.29) is 0 Å². The second kappa shape index (κ2) is 5.76. The fourth-order valence-corrected chi connectivity index (χ4v) is 2.70. The minimum absolute atomic E-state index is 0.323. The molecule has 1 aliphatic carbocycles. The van der Waals surface area contributed by atoms with Crippen LogP contribution in [-0.4, -0.2) is 7.11 Å². The molecule has 0 heterocycles. The largest absolute Gasteiger partial charge is 0.495 e. The number of rotatable bonds is 5. The summed E-state index contributed by atoms with van der Waals surface area (Å²) in [6, 6.07) is 16.6. The van der Waals surface area contributed by atoms with Gasteiger partial charge in [0.1, 0.15) is 5.75 Å². The average molecular weight is 288 g/mol. The minimum atomic E-state index is 0.323. The zero-order chi connectivity index (χ0) is 13.9. The summed E-state index contributed by atoms with van der Waals surface area (Å²) in [7, 11) is 1.68. The molecule has 0 radical (unpaired) electrons. The molecule has 1 fully saturated rings. The van der Waals surface area contributed by atoms with Crippen molar-refractivity contribution in [1.29, 1.82) is 0 Å². The summed E-state index contributed by atoms with van der Waals surface area (Å²) >= 11 is 6.10. The van der Waals surface area contributed by atoms with Crippen molar-refractivity contribution in [3.8, 4) is 5.75 Å². The van der Waals surface area contributed by atoms with Crippen LogP contribution in [0.3, 0.4) is 0 Å². The third-order valence-electron chi connectivity index (χ3n) is 3.72. The SMILES string of the molecule is COc1ccc(Cl)cc1NC(c1ccccc1)C1CC1. The lowest BCUT2D eigenvalue weighted by molar-refractivity contribution is 0.415. The lowest BCUT2D eigenvalue weighted by atomic mass is 10.0. The third-order valence-corrected chi connectivity index (χ3v) is 3.96. The zero-order valence-electron chi connectivity index (χ0n) is 11.5. The van der Waals surface area contributed by atoms with Crippen LogP contribution in [-0.2, 0) is 0 Å². The summed E-state index contributed by atoms with van der Waals surface area (Å²) < 4.78 is 5.42. The Morgan fingerprint density at radius 2 is 1.90 bits per heavy atom. The predicted molar refractivity (Wildman–Crippen MR) is 83.5 cm³/mol. The van der Waals surface area contributed by atoms with E-state index < -0.39 is 0 Å². The number of halogens is 1. The van der Waals surface area contributed by atoms with Crippen molar-refractivity contribution < 1.29 is 4.74 Å². The lowest BCUT2D eigenvalue weighted by Crippen LogP contribution is -2.13. The summed E-state index contributed by atoms with van der Waals surface area (Å²) in [6.07, 6.45) is 2.55. The molecule has 104 valence electrons. The van der Waals surface area contributed by atoms with Gasteiger partial charge in [0.05, 0.1) is 18.8 Å². The summed E-state index contributed by atoms with van der Waals surface area (Å²) in [5, 5.41) is 4.33. The van der Waals surface area contributed by atoms with Gasteiger partial charge >= 0.3 is 0 Å². The first kappa shape index (κ1) is 13.3. The van der Waals surface area contributed by atoms with Gasteiger partial charge < -0.3 is 10.1 Å². The molecule has 0 spiro atoms. The molecule has 0 aromatic heterocycles. The van der Waals surface area contributed by atoms with Gasteiger partial charge in [-0.1, -0.05) is 41.9 Å². The molecule has 2 aromatic carbocycles. The molecule has 0 saturated heterocycles. The number of ether oxygens (including phenoxy) is 1. The number of hydrogen-bond acceptors (Lipinski definition) is 2. The highest BCUT2D eigenvalue weighted by Gasteiger charge is 2.32. The molecule has 0 bridgehead atoms. The van der Waals surface area contributed by atoms with Crippen molar-refractivity contribution in [3.63, 3.8) is 0 Å². The molecular formula is C17H18ClNO. The topological polar surface area (TPSA) is 21.3 Å². The van der Waals surface area contributed by atoms with Gasteiger partial charge in [-0.15, -0.1) is 0 Å². The fraction of sp³-hybridized carbons (Fsp3) is 0.294. The van der Waals surface area contributed by atoms with Crippen molar-refractivity contribution in [3.05, 3.63) is 59.1 Å². The number of methoxy groups -OCH3 is 1. The highest BCUT2D eigenvalue weighted by molar-refractivity contribution is 6.30. The molecule has 1 atom stereocenters. The number of nitrogens with one attached hydrogen (secondary N) is 1. The van der Waals surface area contributed by atoms with Gasteiger partial charge in [-0.25, -0.2) is 0 Å². The first-order valence-electron chi connectivity index (χ1n) is 6.93. The van der Waals surface area contributed by atoms with E-state index in [1.807, 2.05) is 24.3 Å². The Morgan fingerprint density at radius 1 is 1.15 bits per heavy atom. The van der Waals surface area contributed by atoms with Crippen molar-refractivity contribution in [2.24, 2.45) is 5.92 Å². The van der Waals surface area contributed by atoms with Crippen LogP contribution in [0.4, 0.5) is 5.69 Å². The van der Waals surface area contributed by atoms with Crippen LogP contribution in [0.15, 0.2) is 48.5 Å². The van der Waals surface area contributed by atoms with Crippen molar-refractivity contribution in [2.45, 2.75) is 18.9 Å². The van der Waals surface area contributed by atoms with E-state index in [4.69, 9.17) is 16.3 Å². The summed E-state index contributed by atoms with van der Waals surface area (Å²) in [6.45, 7) is 0. The molecule has 1 unspecified atom stereocenters. The second-order valence-corrected chi connectivity index (χ2v) is 5.65. The smallest absolute Gasteiger partial charge is 0.142 e. The van der Waals surface area contributed by atoms with Crippen LogP contribution < -0.4 is 10.1 Å². The molecule has 3 rings (SSSR count). The standard InChI is InChI=1S/C17H18ClNO/c1-20-16-10-9-14(18)11-15(16)19-17(13-7-8-13)12-5-3-2-4-6-12/h2-6,9-11,13,17,19H,7-8H2,1H3. The Labute approximate surface area is 124 Å². The van der Waals surface area contributed by atoms with Crippen LogP contribution in [0.5, 0.6) is 5.75 Å². The monoisotopic (exact) mass is 287 g/mol. The van der Waals surface area contributed by atoms with Crippen LogP contribution in [0.1, 0.15) is 24.4 Å². The molecular weight excluding hydrogens is 270 g/mol. The lowest BCUT2D eigenvalue weighted by Gasteiger charge is -2.21. The van der Waals surface area contributed by atoms with Crippen molar-refractivity contribution in [1.82, 2.24) is 0 Å². The van der Waals surface area contributed by atoms with Gasteiger partial charge in [0.15, 0.2) is 0 Å². The first-order valence-corrected chi connectivity index (χ1v) is 7.31. The van der Waals surface area contributed by atoms with Gasteiger partial charge in [0, 0.05) is 5.02 Å². The van der Waals surface area contributed by atoms with E-state index in [0.29, 0.717) is 12.0 Å². The van der Waals surface area contributed by atoms with Crippen LogP contribution in [0.25, 0.3) is 0 Å². The van der Waals surface area contributed by atoms with E-state index in [1.165, 1.54) is 18.4 Å². The van der Waals surface area contributed by atoms with Crippen molar-refractivity contribution in [2.75, 3.05) is 12.4 Å². The Hall–Kier alpha value is -1.67. The predicted octanol–water partition coefficient (Wildman–Crippen LogP) is 4.91. The number of benzene rings is 2. The van der Waals surface area contributed by atoms with Gasteiger partial charge in [-0.3, -0.25) is 0 Å². The molecule has 20 heavy (non-hydrogen) atoms. The maximum Gasteiger partial charge on any atom is 0.142 e. The Morgan fingerprint density at radius 3 is 2.55 bits per heavy atom. The van der Waals surface area contributed by atoms with Gasteiger partial charge in [0.2, 0.25) is 0 Å². The molecule has 0 aliphatic heterocycles. The Kier molecular flexibility index (Phi) is 3.83. The van der Waals surface area contributed by atoms with Crippen LogP contribution >= 0.6 is 11.6 Å². The summed E-state index contributed by atoms with van der Waals surface area (Å²) in [5.41, 5.74) is 2.28. The van der Waals surface area contributed by atoms with Crippen molar-refractivity contribution >= 4 is 17.3 Å². The minimum Gasteiger partial charge on any atom is -0.495 e. The average Bonchev–Trinajstić information content (AvgIpc) is 3.30. The third kappa shape index (κ3) is 2.91. The highest BCUT2D eigenvalue weighted by atomic mass is 35.5. The second-order valence-electron chi connectivity index (χ2n) is 5.21. The molecule has 3 heteroatoms. The highest BCUT2D eigenvalue weighted by Crippen LogP contribution is 2.44. The van der Waals surface area contributed by atoms with Gasteiger partial charge in [-0.2, -0.15) is 0 Å². The molecule has 1 aliphatic rings. The first-order chi connectivity index (χ1) is 9.78. The number of anilines is 1. The molecule has 2 nitrogen and oxygen atoms in total. The Bertz CT molecular complexity index is 581. The number of hydrogen-bond donors (Lipinski definition) is 1. The normalized spacial score (nSPS) is 15.7. The van der Waals surface area contributed by atoms with E-state index in [9.17, 15) is 0 Å². The molecule has 0 amide bonds. The maximum absolute atomic E-state index is 6.10. The summed E-state index contributed by atoms with van der Waals surface area (Å²) in [4.78, 5) is 0. The fourth-order valence-electron chi connectivity index (χ4n) is 2.52. The molecule has 1 saturated carbocycles. The Balaban J connectivity index is 1.89. The maximum atomic E-state index is 6.10. The van der Waals surface area contributed by atoms with Crippen LogP contribution in [0.2, 0.25) is 5.02 Å². The van der Waals surface area contributed by atoms with E-state index in [0.717, 1.165) is 16.5 Å². The van der Waals surface area contributed by atoms with E-state index in [2.05, 4.69) is 29.6 Å². The zero-order valence-corrected chi connectivity index (χ0v) is 12.2. The molecule has 2 aromatic rings. The van der Waals surface area contributed by atoms with E-state index in [1.54, 1.807) is 7.11 Å². The van der Waals surface area contributed by atoms with Crippen LogP contribution in [0, 0.1) is 5.92 Å².